The Hall–Kier alpha value is -0.570. The molecule has 0 heterocycles. The van der Waals surface area contributed by atoms with E-state index in [2.05, 4.69) is 12.2 Å². The Bertz CT molecular complexity index is 365. The molecular weight excluding hydrogens is 234 g/mol. The summed E-state index contributed by atoms with van der Waals surface area (Å²) in [6.07, 6.45) is 3.44. The standard InChI is InChI=1S/C14H20ClNO/c1-10(8-11-6-7-11)16-9-14(17)12-4-2-3-5-13(12)15/h2-5,10-11,14,16-17H,6-9H2,1H3. The maximum atomic E-state index is 10.1. The monoisotopic (exact) mass is 253 g/mol. The molecule has 0 saturated heterocycles. The van der Waals surface area contributed by atoms with E-state index in [-0.39, 0.29) is 0 Å². The number of hydrogen-bond acceptors (Lipinski definition) is 2. The molecule has 2 nitrogen and oxygen atoms in total. The molecule has 3 heteroatoms. The number of nitrogens with one attached hydrogen (secondary N) is 1. The van der Waals surface area contributed by atoms with E-state index in [9.17, 15) is 5.11 Å². The second kappa shape index (κ2) is 5.85. The van der Waals surface area contributed by atoms with Crippen LogP contribution >= 0.6 is 11.6 Å². The summed E-state index contributed by atoms with van der Waals surface area (Å²) in [6, 6.07) is 7.94. The van der Waals surface area contributed by atoms with Crippen LogP contribution < -0.4 is 5.32 Å². The molecule has 0 spiro atoms. The first kappa shape index (κ1) is 12.9. The number of rotatable bonds is 6. The normalized spacial score (nSPS) is 19.0. The van der Waals surface area contributed by atoms with Crippen LogP contribution in [0.15, 0.2) is 24.3 Å². The Morgan fingerprint density at radius 3 is 2.76 bits per heavy atom. The van der Waals surface area contributed by atoms with Crippen LogP contribution in [0.25, 0.3) is 0 Å². The van der Waals surface area contributed by atoms with Crippen molar-refractivity contribution in [1.82, 2.24) is 5.32 Å². The van der Waals surface area contributed by atoms with Gasteiger partial charge in [0.2, 0.25) is 0 Å². The van der Waals surface area contributed by atoms with Crippen molar-refractivity contribution in [1.29, 1.82) is 0 Å². The van der Waals surface area contributed by atoms with Crippen LogP contribution in [0.4, 0.5) is 0 Å². The lowest BCUT2D eigenvalue weighted by Gasteiger charge is -2.18. The molecule has 0 amide bonds. The SMILES string of the molecule is CC(CC1CC1)NCC(O)c1ccccc1Cl. The Balaban J connectivity index is 1.80. The fraction of sp³-hybridized carbons (Fsp3) is 0.571. The summed E-state index contributed by atoms with van der Waals surface area (Å²) < 4.78 is 0. The Labute approximate surface area is 108 Å². The topological polar surface area (TPSA) is 32.3 Å². The lowest BCUT2D eigenvalue weighted by molar-refractivity contribution is 0.169. The molecule has 2 atom stereocenters. The third-order valence-electron chi connectivity index (χ3n) is 3.31. The first-order valence-corrected chi connectivity index (χ1v) is 6.70. The van der Waals surface area contributed by atoms with Crippen molar-refractivity contribution in [3.05, 3.63) is 34.9 Å². The molecule has 0 bridgehead atoms. The number of halogens is 1. The summed E-state index contributed by atoms with van der Waals surface area (Å²) in [5, 5.41) is 14.1. The third kappa shape index (κ3) is 3.98. The molecule has 1 fully saturated rings. The van der Waals surface area contributed by atoms with E-state index in [1.165, 1.54) is 19.3 Å². The lowest BCUT2D eigenvalue weighted by Crippen LogP contribution is -2.30. The van der Waals surface area contributed by atoms with Crippen molar-refractivity contribution in [3.8, 4) is 0 Å². The summed E-state index contributed by atoms with van der Waals surface area (Å²) in [5.41, 5.74) is 0.806. The molecule has 1 aliphatic carbocycles. The fourth-order valence-electron chi connectivity index (χ4n) is 2.10. The molecule has 0 radical (unpaired) electrons. The smallest absolute Gasteiger partial charge is 0.0928 e. The third-order valence-corrected chi connectivity index (χ3v) is 3.65. The number of benzene rings is 1. The predicted molar refractivity (Wildman–Crippen MR) is 71.2 cm³/mol. The van der Waals surface area contributed by atoms with Gasteiger partial charge in [-0.3, -0.25) is 0 Å². The van der Waals surface area contributed by atoms with E-state index < -0.39 is 6.10 Å². The summed E-state index contributed by atoms with van der Waals surface area (Å²) in [6.45, 7) is 2.75. The molecule has 1 aliphatic rings. The van der Waals surface area contributed by atoms with Crippen LogP contribution in [0, 0.1) is 5.92 Å². The predicted octanol–water partition coefficient (Wildman–Crippen LogP) is 3.15. The molecule has 2 unspecified atom stereocenters. The van der Waals surface area contributed by atoms with Gasteiger partial charge in [-0.05, 0) is 25.3 Å². The van der Waals surface area contributed by atoms with Crippen LogP contribution in [0.1, 0.15) is 37.9 Å². The molecule has 1 aromatic carbocycles. The van der Waals surface area contributed by atoms with Crippen molar-refractivity contribution >= 4 is 11.6 Å². The van der Waals surface area contributed by atoms with Gasteiger partial charge in [-0.15, -0.1) is 0 Å². The first-order chi connectivity index (χ1) is 8.16. The summed E-state index contributed by atoms with van der Waals surface area (Å²) in [5.74, 6) is 0.912. The average molecular weight is 254 g/mol. The van der Waals surface area contributed by atoms with E-state index in [1.54, 1.807) is 0 Å². The van der Waals surface area contributed by atoms with Gasteiger partial charge in [0, 0.05) is 23.2 Å². The van der Waals surface area contributed by atoms with Gasteiger partial charge < -0.3 is 10.4 Å². The zero-order valence-electron chi connectivity index (χ0n) is 10.2. The van der Waals surface area contributed by atoms with Crippen LogP contribution in [0.2, 0.25) is 5.02 Å². The average Bonchev–Trinajstić information content (AvgIpc) is 3.10. The van der Waals surface area contributed by atoms with Gasteiger partial charge in [-0.2, -0.15) is 0 Å². The molecule has 2 rings (SSSR count). The Morgan fingerprint density at radius 1 is 1.41 bits per heavy atom. The molecule has 1 aromatic rings. The highest BCUT2D eigenvalue weighted by atomic mass is 35.5. The van der Waals surface area contributed by atoms with Crippen molar-refractivity contribution in [3.63, 3.8) is 0 Å². The molecular formula is C14H20ClNO. The molecule has 17 heavy (non-hydrogen) atoms. The van der Waals surface area contributed by atoms with Crippen LogP contribution in [-0.2, 0) is 0 Å². The van der Waals surface area contributed by atoms with Gasteiger partial charge in [0.1, 0.15) is 0 Å². The van der Waals surface area contributed by atoms with Crippen LogP contribution in [-0.4, -0.2) is 17.7 Å². The van der Waals surface area contributed by atoms with Crippen molar-refractivity contribution in [2.45, 2.75) is 38.3 Å². The van der Waals surface area contributed by atoms with Crippen LogP contribution in [0.3, 0.4) is 0 Å². The molecule has 2 N–H and O–H groups in total. The zero-order chi connectivity index (χ0) is 12.3. The van der Waals surface area contributed by atoms with Gasteiger partial charge >= 0.3 is 0 Å². The highest BCUT2D eigenvalue weighted by molar-refractivity contribution is 6.31. The second-order valence-corrected chi connectivity index (χ2v) is 5.43. The van der Waals surface area contributed by atoms with Gasteiger partial charge in [0.05, 0.1) is 6.10 Å². The van der Waals surface area contributed by atoms with Gasteiger partial charge in [-0.1, -0.05) is 42.6 Å². The lowest BCUT2D eigenvalue weighted by atomic mass is 10.1. The minimum Gasteiger partial charge on any atom is -0.387 e. The van der Waals surface area contributed by atoms with E-state index in [1.807, 2.05) is 24.3 Å². The van der Waals surface area contributed by atoms with Crippen molar-refractivity contribution < 1.29 is 5.11 Å². The Kier molecular flexibility index (Phi) is 4.43. The summed E-state index contributed by atoms with van der Waals surface area (Å²) in [4.78, 5) is 0. The van der Waals surface area contributed by atoms with Gasteiger partial charge in [0.25, 0.3) is 0 Å². The number of aliphatic hydroxyl groups is 1. The molecule has 0 aromatic heterocycles. The number of aliphatic hydroxyl groups excluding tert-OH is 1. The summed E-state index contributed by atoms with van der Waals surface area (Å²) in [7, 11) is 0. The zero-order valence-corrected chi connectivity index (χ0v) is 11.0. The van der Waals surface area contributed by atoms with E-state index in [0.717, 1.165) is 11.5 Å². The fourth-order valence-corrected chi connectivity index (χ4v) is 2.37. The minimum atomic E-state index is -0.523. The minimum absolute atomic E-state index is 0.472. The quantitative estimate of drug-likeness (QED) is 0.816. The van der Waals surface area contributed by atoms with Gasteiger partial charge in [0.15, 0.2) is 0 Å². The Morgan fingerprint density at radius 2 is 2.12 bits per heavy atom. The number of hydrogen-bond donors (Lipinski definition) is 2. The second-order valence-electron chi connectivity index (χ2n) is 5.03. The van der Waals surface area contributed by atoms with Crippen molar-refractivity contribution in [2.24, 2.45) is 5.92 Å². The summed E-state index contributed by atoms with van der Waals surface area (Å²) >= 11 is 6.04. The van der Waals surface area contributed by atoms with E-state index >= 15 is 0 Å². The molecule has 0 aliphatic heterocycles. The van der Waals surface area contributed by atoms with Gasteiger partial charge in [-0.25, -0.2) is 0 Å². The highest BCUT2D eigenvalue weighted by Gasteiger charge is 2.23. The molecule has 1 saturated carbocycles. The highest BCUT2D eigenvalue weighted by Crippen LogP contribution is 2.33. The van der Waals surface area contributed by atoms with Crippen molar-refractivity contribution in [2.75, 3.05) is 6.54 Å². The maximum Gasteiger partial charge on any atom is 0.0928 e. The van der Waals surface area contributed by atoms with E-state index in [0.29, 0.717) is 17.6 Å². The van der Waals surface area contributed by atoms with E-state index in [4.69, 9.17) is 11.6 Å². The largest absolute Gasteiger partial charge is 0.387 e. The first-order valence-electron chi connectivity index (χ1n) is 6.32. The molecule has 94 valence electrons. The maximum absolute atomic E-state index is 10.1. The van der Waals surface area contributed by atoms with Crippen LogP contribution in [0.5, 0.6) is 0 Å².